The van der Waals surface area contributed by atoms with Crippen molar-refractivity contribution in [2.45, 2.75) is 26.4 Å². The molecule has 1 atom stereocenters. The molecule has 2 aromatic rings. The molecule has 1 N–H and O–H groups in total. The fraction of sp³-hybridized carbons (Fsp3) is 0.500. The molecule has 0 aliphatic carbocycles. The van der Waals surface area contributed by atoms with Crippen LogP contribution in [0.4, 0.5) is 0 Å². The van der Waals surface area contributed by atoms with Crippen LogP contribution in [-0.2, 0) is 13.5 Å². The number of aryl methyl sites for hydroxylation is 3. The minimum absolute atomic E-state index is 0.482. The number of aromatic nitrogens is 4. The first kappa shape index (κ1) is 11.2. The van der Waals surface area contributed by atoms with E-state index in [0.29, 0.717) is 6.42 Å². The molecule has 0 bridgehead atoms. The third-order valence-corrected chi connectivity index (χ3v) is 3.47. The van der Waals surface area contributed by atoms with E-state index in [0.717, 1.165) is 21.3 Å². The lowest BCUT2D eigenvalue weighted by molar-refractivity contribution is 0.180. The molecule has 5 nitrogen and oxygen atoms in total. The van der Waals surface area contributed by atoms with Gasteiger partial charge in [0.15, 0.2) is 0 Å². The molecule has 86 valence electrons. The van der Waals surface area contributed by atoms with Crippen molar-refractivity contribution in [2.24, 2.45) is 7.05 Å². The van der Waals surface area contributed by atoms with Gasteiger partial charge in [-0.05, 0) is 13.8 Å². The van der Waals surface area contributed by atoms with Crippen molar-refractivity contribution >= 4 is 11.3 Å². The quantitative estimate of drug-likeness (QED) is 0.871. The second kappa shape index (κ2) is 4.31. The van der Waals surface area contributed by atoms with E-state index in [-0.39, 0.29) is 0 Å². The fourth-order valence-corrected chi connectivity index (χ4v) is 2.55. The van der Waals surface area contributed by atoms with E-state index in [1.165, 1.54) is 11.3 Å². The van der Waals surface area contributed by atoms with Crippen molar-refractivity contribution in [1.29, 1.82) is 0 Å². The standard InChI is InChI=1S/C10H14N4OS/c1-6-10(16-7(2)11-6)9(15)4-8-5-14(3)13-12-8/h5,9,15H,4H2,1-3H3. The van der Waals surface area contributed by atoms with Crippen LogP contribution in [0.25, 0.3) is 0 Å². The van der Waals surface area contributed by atoms with E-state index in [1.54, 1.807) is 4.68 Å². The fourth-order valence-electron chi connectivity index (χ4n) is 1.64. The average Bonchev–Trinajstić information content (AvgIpc) is 2.73. The Hall–Kier alpha value is -1.27. The van der Waals surface area contributed by atoms with Gasteiger partial charge in [0.05, 0.1) is 27.4 Å². The van der Waals surface area contributed by atoms with Crippen molar-refractivity contribution in [3.05, 3.63) is 27.5 Å². The van der Waals surface area contributed by atoms with E-state index in [9.17, 15) is 5.11 Å². The molecular formula is C10H14N4OS. The van der Waals surface area contributed by atoms with E-state index in [2.05, 4.69) is 15.3 Å². The predicted octanol–water partition coefficient (Wildman–Crippen LogP) is 1.16. The van der Waals surface area contributed by atoms with Crippen LogP contribution in [0.15, 0.2) is 6.20 Å². The normalized spacial score (nSPS) is 13.0. The molecule has 2 heterocycles. The number of thiazole rings is 1. The van der Waals surface area contributed by atoms with Crippen LogP contribution >= 0.6 is 11.3 Å². The molecule has 2 rings (SSSR count). The number of nitrogens with zero attached hydrogens (tertiary/aromatic N) is 4. The topological polar surface area (TPSA) is 63.8 Å². The van der Waals surface area contributed by atoms with Gasteiger partial charge in [0, 0.05) is 19.7 Å². The molecular weight excluding hydrogens is 224 g/mol. The lowest BCUT2D eigenvalue weighted by Gasteiger charge is -2.06. The van der Waals surface area contributed by atoms with Crippen LogP contribution in [0.2, 0.25) is 0 Å². The van der Waals surface area contributed by atoms with Crippen molar-refractivity contribution in [3.63, 3.8) is 0 Å². The largest absolute Gasteiger partial charge is 0.387 e. The molecule has 0 saturated carbocycles. The summed E-state index contributed by atoms with van der Waals surface area (Å²) in [6.45, 7) is 3.86. The second-order valence-electron chi connectivity index (χ2n) is 3.79. The van der Waals surface area contributed by atoms with Gasteiger partial charge in [0.1, 0.15) is 0 Å². The molecule has 0 radical (unpaired) electrons. The lowest BCUT2D eigenvalue weighted by atomic mass is 10.1. The smallest absolute Gasteiger partial charge is 0.0957 e. The highest BCUT2D eigenvalue weighted by molar-refractivity contribution is 7.11. The highest BCUT2D eigenvalue weighted by Crippen LogP contribution is 2.26. The number of hydrogen-bond donors (Lipinski definition) is 1. The first-order valence-electron chi connectivity index (χ1n) is 5.03. The predicted molar refractivity (Wildman–Crippen MR) is 61.3 cm³/mol. The number of aliphatic hydroxyl groups excluding tert-OH is 1. The molecule has 16 heavy (non-hydrogen) atoms. The maximum atomic E-state index is 10.1. The summed E-state index contributed by atoms with van der Waals surface area (Å²) in [6.07, 6.45) is 1.76. The Balaban J connectivity index is 2.14. The van der Waals surface area contributed by atoms with Crippen molar-refractivity contribution in [2.75, 3.05) is 0 Å². The summed E-state index contributed by atoms with van der Waals surface area (Å²) in [6, 6.07) is 0. The third-order valence-electron chi connectivity index (χ3n) is 2.29. The van der Waals surface area contributed by atoms with Gasteiger partial charge >= 0.3 is 0 Å². The molecule has 0 fully saturated rings. The summed E-state index contributed by atoms with van der Waals surface area (Å²) in [4.78, 5) is 5.22. The molecule has 0 spiro atoms. The average molecular weight is 238 g/mol. The summed E-state index contributed by atoms with van der Waals surface area (Å²) in [5.41, 5.74) is 1.69. The summed E-state index contributed by atoms with van der Waals surface area (Å²) < 4.78 is 1.63. The highest BCUT2D eigenvalue weighted by Gasteiger charge is 2.16. The van der Waals surface area contributed by atoms with Crippen LogP contribution in [0.5, 0.6) is 0 Å². The summed E-state index contributed by atoms with van der Waals surface area (Å²) in [5, 5.41) is 18.8. The molecule has 1 unspecified atom stereocenters. The minimum atomic E-state index is -0.539. The van der Waals surface area contributed by atoms with Crippen LogP contribution in [-0.4, -0.2) is 25.1 Å². The third kappa shape index (κ3) is 2.28. The first-order chi connectivity index (χ1) is 7.56. The van der Waals surface area contributed by atoms with E-state index in [4.69, 9.17) is 0 Å². The monoisotopic (exact) mass is 238 g/mol. The Labute approximate surface area is 97.8 Å². The van der Waals surface area contributed by atoms with Crippen LogP contribution in [0, 0.1) is 13.8 Å². The van der Waals surface area contributed by atoms with Gasteiger partial charge in [0.25, 0.3) is 0 Å². The zero-order chi connectivity index (χ0) is 11.7. The van der Waals surface area contributed by atoms with E-state index in [1.807, 2.05) is 27.1 Å². The van der Waals surface area contributed by atoms with Crippen LogP contribution in [0.1, 0.15) is 27.4 Å². The Morgan fingerprint density at radius 2 is 2.25 bits per heavy atom. The maximum absolute atomic E-state index is 10.1. The van der Waals surface area contributed by atoms with Crippen molar-refractivity contribution in [3.8, 4) is 0 Å². The SMILES string of the molecule is Cc1nc(C)c(C(O)Cc2cn(C)nn2)s1. The van der Waals surface area contributed by atoms with Gasteiger partial charge in [-0.15, -0.1) is 16.4 Å². The van der Waals surface area contributed by atoms with E-state index >= 15 is 0 Å². The summed E-state index contributed by atoms with van der Waals surface area (Å²) in [7, 11) is 1.81. The van der Waals surface area contributed by atoms with E-state index < -0.39 is 6.10 Å². The second-order valence-corrected chi connectivity index (χ2v) is 5.02. The van der Waals surface area contributed by atoms with Gasteiger partial charge in [-0.3, -0.25) is 4.68 Å². The molecule has 0 saturated heterocycles. The minimum Gasteiger partial charge on any atom is -0.387 e. The number of hydrogen-bond acceptors (Lipinski definition) is 5. The number of aliphatic hydroxyl groups is 1. The van der Waals surface area contributed by atoms with Crippen molar-refractivity contribution < 1.29 is 5.11 Å². The summed E-state index contributed by atoms with van der Waals surface area (Å²) in [5.74, 6) is 0. The lowest BCUT2D eigenvalue weighted by Crippen LogP contribution is -2.01. The molecule has 0 aliphatic heterocycles. The maximum Gasteiger partial charge on any atom is 0.0957 e. The Morgan fingerprint density at radius 3 is 2.75 bits per heavy atom. The van der Waals surface area contributed by atoms with Gasteiger partial charge in [0.2, 0.25) is 0 Å². The Morgan fingerprint density at radius 1 is 1.50 bits per heavy atom. The van der Waals surface area contributed by atoms with Gasteiger partial charge < -0.3 is 5.11 Å². The zero-order valence-corrected chi connectivity index (χ0v) is 10.3. The Bertz CT molecular complexity index is 491. The number of rotatable bonds is 3. The molecule has 2 aromatic heterocycles. The van der Waals surface area contributed by atoms with Gasteiger partial charge in [-0.2, -0.15) is 0 Å². The molecule has 0 amide bonds. The van der Waals surface area contributed by atoms with Gasteiger partial charge in [-0.1, -0.05) is 5.21 Å². The summed E-state index contributed by atoms with van der Waals surface area (Å²) >= 11 is 1.53. The molecule has 0 aromatic carbocycles. The first-order valence-corrected chi connectivity index (χ1v) is 5.85. The Kier molecular flexibility index (Phi) is 3.02. The molecule has 6 heteroatoms. The van der Waals surface area contributed by atoms with Gasteiger partial charge in [-0.25, -0.2) is 4.98 Å². The van der Waals surface area contributed by atoms with Crippen LogP contribution in [0.3, 0.4) is 0 Å². The zero-order valence-electron chi connectivity index (χ0n) is 9.51. The molecule has 0 aliphatic rings. The highest BCUT2D eigenvalue weighted by atomic mass is 32.1. The van der Waals surface area contributed by atoms with Crippen molar-refractivity contribution in [1.82, 2.24) is 20.0 Å². The van der Waals surface area contributed by atoms with Crippen LogP contribution < -0.4 is 0 Å².